The number of hydrogen-bond acceptors (Lipinski definition) is 3. The molecule has 2 fully saturated rings. The zero-order valence-electron chi connectivity index (χ0n) is 32.5. The number of carbonyl (C=O) groups excluding carboxylic acids is 1. The highest BCUT2D eigenvalue weighted by atomic mass is 32.1. The van der Waals surface area contributed by atoms with Crippen LogP contribution in [0.3, 0.4) is 0 Å². The molecule has 6 unspecified atom stereocenters. The minimum absolute atomic E-state index is 0.00615. The number of allylic oxidation sites excluding steroid dienone is 2. The first-order valence-corrected chi connectivity index (χ1v) is 23.7. The summed E-state index contributed by atoms with van der Waals surface area (Å²) < 4.78 is 5.91. The molecule has 1 heterocycles. The van der Waals surface area contributed by atoms with Gasteiger partial charge in [-0.05, 0) is 209 Å². The van der Waals surface area contributed by atoms with Crippen molar-refractivity contribution in [2.24, 2.45) is 11.8 Å². The van der Waals surface area contributed by atoms with E-state index in [1.165, 1.54) is 30.4 Å². The summed E-state index contributed by atoms with van der Waals surface area (Å²) in [6.07, 6.45) is 13.6. The topological polar surface area (TPSA) is 26.3 Å². The SMILES string of the molecule is O=C(CCCC1(c2ccccc2)C2c3cc4c5c6c7c8c9c%10c%11c%12c(cc%13c%11c%11c%14c(c%15c3c5c8c%15c%11%10)C21CC%14C=%13)C[C@@H]1C[C@H](C=C6C4)C7C=9C%121)OCCc1ccsc1. The van der Waals surface area contributed by atoms with E-state index >= 15 is 0 Å². The summed E-state index contributed by atoms with van der Waals surface area (Å²) >= 11 is 1.71. The Morgan fingerprint density at radius 2 is 1.69 bits per heavy atom. The summed E-state index contributed by atoms with van der Waals surface area (Å²) in [6.45, 7) is 0.466. The van der Waals surface area contributed by atoms with Crippen LogP contribution in [0.5, 0.6) is 0 Å². The molecule has 59 heavy (non-hydrogen) atoms. The quantitative estimate of drug-likeness (QED) is 0.114. The number of fused-ring (bicyclic) bond motifs is 1. The van der Waals surface area contributed by atoms with Crippen LogP contribution in [0.1, 0.15) is 111 Å². The third-order valence-corrected chi connectivity index (χ3v) is 20.1. The molecule has 0 saturated heterocycles. The monoisotopic (exact) mass is 772 g/mol. The van der Waals surface area contributed by atoms with Gasteiger partial charge in [-0.25, -0.2) is 0 Å². The molecule has 0 aliphatic heterocycles. The first-order valence-electron chi connectivity index (χ1n) is 22.7. The fourth-order valence-electron chi connectivity index (χ4n) is 18.4. The number of carbonyl (C=O) groups is 1. The van der Waals surface area contributed by atoms with Gasteiger partial charge < -0.3 is 4.74 Å². The van der Waals surface area contributed by atoms with Crippen molar-refractivity contribution in [2.45, 2.75) is 85.9 Å². The van der Waals surface area contributed by atoms with E-state index in [-0.39, 0.29) is 16.8 Å². The van der Waals surface area contributed by atoms with Crippen LogP contribution in [0.15, 0.2) is 65.4 Å². The van der Waals surface area contributed by atoms with Crippen molar-refractivity contribution < 1.29 is 9.53 Å². The van der Waals surface area contributed by atoms with Crippen molar-refractivity contribution in [3.8, 4) is 0 Å². The van der Waals surface area contributed by atoms with Crippen LogP contribution in [-0.4, -0.2) is 12.6 Å². The van der Waals surface area contributed by atoms with E-state index in [0.29, 0.717) is 42.6 Å². The third kappa shape index (κ3) is 2.55. The molecular formula is C56H36O2S. The smallest absolute Gasteiger partial charge is 0.305 e. The molecule has 0 N–H and O–H groups in total. The summed E-state index contributed by atoms with van der Waals surface area (Å²) in [5, 5.41) is 27.6. The molecule has 9 aromatic rings. The number of hydrogen-bond donors (Lipinski definition) is 0. The van der Waals surface area contributed by atoms with Gasteiger partial charge in [0.05, 0.1) is 6.61 Å². The molecule has 1 spiro atoms. The Bertz CT molecular complexity index is 3850. The number of esters is 1. The Morgan fingerprint density at radius 3 is 2.61 bits per heavy atom. The van der Waals surface area contributed by atoms with Crippen LogP contribution >= 0.6 is 11.3 Å². The molecule has 10 aliphatic rings. The Hall–Kier alpha value is -5.25. The van der Waals surface area contributed by atoms with Crippen molar-refractivity contribution in [3.63, 3.8) is 0 Å². The third-order valence-electron chi connectivity index (χ3n) is 19.4. The predicted octanol–water partition coefficient (Wildman–Crippen LogP) is 11.0. The van der Waals surface area contributed by atoms with Crippen LogP contribution in [-0.2, 0) is 39.6 Å². The lowest BCUT2D eigenvalue weighted by Crippen LogP contribution is -2.31. The lowest BCUT2D eigenvalue weighted by atomic mass is 9.61. The van der Waals surface area contributed by atoms with E-state index in [9.17, 15) is 4.79 Å². The number of benzene rings is 6. The molecule has 8 atom stereocenters. The van der Waals surface area contributed by atoms with Gasteiger partial charge in [-0.2, -0.15) is 11.3 Å². The summed E-state index contributed by atoms with van der Waals surface area (Å²) in [7, 11) is 0. The Morgan fingerprint density at radius 1 is 0.814 bits per heavy atom. The maximum absolute atomic E-state index is 13.5. The second kappa shape index (κ2) is 8.52. The van der Waals surface area contributed by atoms with E-state index in [0.717, 1.165) is 31.6 Å². The van der Waals surface area contributed by atoms with Crippen molar-refractivity contribution in [1.82, 2.24) is 0 Å². The van der Waals surface area contributed by atoms with Crippen molar-refractivity contribution in [3.05, 3.63) is 131 Å². The van der Waals surface area contributed by atoms with Crippen LogP contribution in [0.25, 0.3) is 81.9 Å². The molecule has 10 aliphatic carbocycles. The maximum atomic E-state index is 13.5. The van der Waals surface area contributed by atoms with Gasteiger partial charge >= 0.3 is 5.97 Å². The fraction of sp³-hybridized carbons (Fsp3) is 0.304. The minimum atomic E-state index is -0.0727. The van der Waals surface area contributed by atoms with Crippen molar-refractivity contribution in [2.75, 3.05) is 6.61 Å². The standard InChI is InChI=1S/C56H36O2S/c57-32(58-11-8-22-9-12-59-21-22)7-4-10-55(30-5-2-1-3-6-30)54-31-19-28-17-25-15-26-14-23-13-24-16-27-18-29-20-56(54,55)53-39(29)44-38(27)43-34(24)33(23)41-37(26)42-35(25)36(28)45-40(31)52(53)51-49(44)47(43)46(41)48(42)50(45)51/h1-3,5-6,9,12,15-16,18-19,21,23,26,29,33,37,54H,4,7-8,10-11,13-14,17,20H2/t23-,26-,29?,33?,37?,54?,55?,56?/m1/s1. The van der Waals surface area contributed by atoms with Gasteiger partial charge in [0, 0.05) is 47.3 Å². The second-order valence-corrected chi connectivity index (χ2v) is 21.7. The number of rotatable bonds is 8. The van der Waals surface area contributed by atoms with Gasteiger partial charge in [-0.15, -0.1) is 0 Å². The van der Waals surface area contributed by atoms with Crippen LogP contribution in [0, 0.1) is 11.8 Å². The second-order valence-electron chi connectivity index (χ2n) is 20.9. The summed E-state index contributed by atoms with van der Waals surface area (Å²) in [5.74, 6) is 3.33. The summed E-state index contributed by atoms with van der Waals surface area (Å²) in [6, 6.07) is 19.4. The highest BCUT2D eigenvalue weighted by molar-refractivity contribution is 7.07. The van der Waals surface area contributed by atoms with Gasteiger partial charge in [0.2, 0.25) is 0 Å². The van der Waals surface area contributed by atoms with Gasteiger partial charge in [0.25, 0.3) is 0 Å². The zero-order chi connectivity index (χ0) is 37.3. The Balaban J connectivity index is 0.944. The van der Waals surface area contributed by atoms with Gasteiger partial charge in [0.1, 0.15) is 0 Å². The van der Waals surface area contributed by atoms with Crippen LogP contribution in [0.2, 0.25) is 0 Å². The molecule has 278 valence electrons. The molecule has 3 heteroatoms. The van der Waals surface area contributed by atoms with E-state index in [4.69, 9.17) is 4.74 Å². The van der Waals surface area contributed by atoms with E-state index < -0.39 is 0 Å². The molecule has 2 saturated carbocycles. The van der Waals surface area contributed by atoms with Crippen molar-refractivity contribution >= 4 is 99.2 Å². The summed E-state index contributed by atoms with van der Waals surface area (Å²) in [4.78, 5) is 13.5. The van der Waals surface area contributed by atoms with Gasteiger partial charge in [0.15, 0.2) is 0 Å². The zero-order valence-corrected chi connectivity index (χ0v) is 33.3. The number of ether oxygens (including phenoxy) is 1. The highest BCUT2D eigenvalue weighted by Crippen LogP contribution is 2.87. The molecule has 0 amide bonds. The Labute approximate surface area is 342 Å². The molecule has 1 aromatic heterocycles. The van der Waals surface area contributed by atoms with Crippen LogP contribution in [0.4, 0.5) is 0 Å². The van der Waals surface area contributed by atoms with E-state index in [2.05, 4.69) is 71.4 Å². The fourth-order valence-corrected chi connectivity index (χ4v) is 19.1. The minimum Gasteiger partial charge on any atom is -0.465 e. The lowest BCUT2D eigenvalue weighted by molar-refractivity contribution is -0.143. The number of thiophene rings is 1. The molecule has 0 bridgehead atoms. The van der Waals surface area contributed by atoms with Gasteiger partial charge in [-0.3, -0.25) is 4.79 Å². The molecule has 19 rings (SSSR count). The van der Waals surface area contributed by atoms with Gasteiger partial charge in [-0.1, -0.05) is 54.6 Å². The molecule has 8 aromatic carbocycles. The molecular weight excluding hydrogens is 737 g/mol. The normalized spacial score (nSPS) is 31.2. The van der Waals surface area contributed by atoms with Crippen LogP contribution < -0.4 is 10.4 Å². The predicted molar refractivity (Wildman–Crippen MR) is 237 cm³/mol. The average molecular weight is 773 g/mol. The van der Waals surface area contributed by atoms with E-state index in [1.54, 1.807) is 136 Å². The molecule has 0 radical (unpaired) electrons. The highest BCUT2D eigenvalue weighted by Gasteiger charge is 2.81. The largest absolute Gasteiger partial charge is 0.465 e. The Kier molecular flexibility index (Phi) is 4.20. The van der Waals surface area contributed by atoms with Crippen molar-refractivity contribution in [1.29, 1.82) is 0 Å². The molecule has 2 nitrogen and oxygen atoms in total. The van der Waals surface area contributed by atoms with E-state index in [1.807, 2.05) is 5.57 Å². The summed E-state index contributed by atoms with van der Waals surface area (Å²) in [5.41, 5.74) is 19.9. The average Bonchev–Trinajstić information content (AvgIpc) is 4.03. The lowest BCUT2D eigenvalue weighted by Gasteiger charge is -2.42. The maximum Gasteiger partial charge on any atom is 0.305 e. The first kappa shape index (κ1) is 29.1. The first-order chi connectivity index (χ1) is 29.2.